The molecule has 2 aliphatic carbocycles. The van der Waals surface area contributed by atoms with Gasteiger partial charge >= 0.3 is 5.97 Å². The fourth-order valence-corrected chi connectivity index (χ4v) is 4.52. The first-order valence-electron chi connectivity index (χ1n) is 10.6. The van der Waals surface area contributed by atoms with E-state index >= 15 is 0 Å². The highest BCUT2D eigenvalue weighted by Crippen LogP contribution is 2.40. The van der Waals surface area contributed by atoms with Crippen molar-refractivity contribution in [2.45, 2.75) is 90.1 Å². The van der Waals surface area contributed by atoms with Gasteiger partial charge in [0.25, 0.3) is 0 Å². The summed E-state index contributed by atoms with van der Waals surface area (Å²) in [5, 5.41) is 0. The van der Waals surface area contributed by atoms with Gasteiger partial charge in [-0.15, -0.1) is 0 Å². The van der Waals surface area contributed by atoms with Crippen molar-refractivity contribution in [3.8, 4) is 0 Å². The van der Waals surface area contributed by atoms with E-state index in [1.54, 1.807) is 0 Å². The van der Waals surface area contributed by atoms with E-state index in [1.807, 2.05) is 0 Å². The normalized spacial score (nSPS) is 30.0. The summed E-state index contributed by atoms with van der Waals surface area (Å²) in [5.41, 5.74) is 0. The molecule has 144 valence electrons. The lowest BCUT2D eigenvalue weighted by atomic mass is 9.71. The highest BCUT2D eigenvalue weighted by Gasteiger charge is 2.30. The van der Waals surface area contributed by atoms with E-state index in [1.165, 1.54) is 57.4 Å². The number of hydrogen-bond acceptors (Lipinski definition) is 3. The molecule has 3 heteroatoms. The number of carbonyl (C=O) groups is 1. The molecule has 0 bridgehead atoms. The second-order valence-corrected chi connectivity index (χ2v) is 8.21. The van der Waals surface area contributed by atoms with E-state index in [0.717, 1.165) is 50.0 Å². The number of ether oxygens (including phenoxy) is 2. The van der Waals surface area contributed by atoms with Gasteiger partial charge in [-0.05, 0) is 75.5 Å². The molecule has 0 aromatic heterocycles. The Hall–Kier alpha value is -0.830. The van der Waals surface area contributed by atoms with Gasteiger partial charge in [0.1, 0.15) is 0 Å². The van der Waals surface area contributed by atoms with E-state index < -0.39 is 0 Å². The van der Waals surface area contributed by atoms with Crippen LogP contribution < -0.4 is 0 Å². The molecule has 0 saturated heterocycles. The smallest absolute Gasteiger partial charge is 0.330 e. The molecule has 0 atom stereocenters. The third-order valence-electron chi connectivity index (χ3n) is 6.25. The summed E-state index contributed by atoms with van der Waals surface area (Å²) in [7, 11) is 0. The van der Waals surface area contributed by atoms with Crippen LogP contribution in [0, 0.1) is 17.8 Å². The van der Waals surface area contributed by atoms with Gasteiger partial charge in [0, 0.05) is 12.7 Å². The molecule has 2 fully saturated rings. The lowest BCUT2D eigenvalue weighted by Crippen LogP contribution is -2.28. The Morgan fingerprint density at radius 2 is 1.44 bits per heavy atom. The average Bonchev–Trinajstić information content (AvgIpc) is 2.65. The summed E-state index contributed by atoms with van der Waals surface area (Å²) in [4.78, 5) is 10.9. The SMILES string of the molecule is C=CC(=O)OCCCCCCOC1CCC(C2CCC(C)CC2)CC1. The number of esters is 1. The topological polar surface area (TPSA) is 35.5 Å². The average molecular weight is 351 g/mol. The van der Waals surface area contributed by atoms with Crippen LogP contribution in [0.4, 0.5) is 0 Å². The molecule has 0 unspecified atom stereocenters. The molecular weight excluding hydrogens is 312 g/mol. The number of carbonyl (C=O) groups excluding carboxylic acids is 1. The first kappa shape index (κ1) is 20.5. The van der Waals surface area contributed by atoms with Crippen LogP contribution >= 0.6 is 0 Å². The minimum atomic E-state index is -0.318. The van der Waals surface area contributed by atoms with Crippen molar-refractivity contribution in [3.63, 3.8) is 0 Å². The Morgan fingerprint density at radius 3 is 2.04 bits per heavy atom. The molecule has 0 aromatic rings. The number of unbranched alkanes of at least 4 members (excludes halogenated alkanes) is 3. The zero-order chi connectivity index (χ0) is 17.9. The fourth-order valence-electron chi connectivity index (χ4n) is 4.52. The van der Waals surface area contributed by atoms with Crippen molar-refractivity contribution in [1.82, 2.24) is 0 Å². The molecule has 25 heavy (non-hydrogen) atoms. The van der Waals surface area contributed by atoms with Gasteiger partial charge in [0.2, 0.25) is 0 Å². The zero-order valence-corrected chi connectivity index (χ0v) is 16.2. The highest BCUT2D eigenvalue weighted by atomic mass is 16.5. The van der Waals surface area contributed by atoms with Crippen molar-refractivity contribution in [3.05, 3.63) is 12.7 Å². The van der Waals surface area contributed by atoms with Crippen molar-refractivity contribution in [2.75, 3.05) is 13.2 Å². The molecule has 0 amide bonds. The van der Waals surface area contributed by atoms with Crippen LogP contribution in [0.5, 0.6) is 0 Å². The summed E-state index contributed by atoms with van der Waals surface area (Å²) < 4.78 is 11.1. The molecule has 2 rings (SSSR count). The largest absolute Gasteiger partial charge is 0.463 e. The lowest BCUT2D eigenvalue weighted by Gasteiger charge is -2.37. The van der Waals surface area contributed by atoms with E-state index in [2.05, 4.69) is 13.5 Å². The van der Waals surface area contributed by atoms with Crippen LogP contribution in [0.15, 0.2) is 12.7 Å². The molecular formula is C22H38O3. The molecule has 3 nitrogen and oxygen atoms in total. The summed E-state index contributed by atoms with van der Waals surface area (Å²) in [6, 6.07) is 0. The van der Waals surface area contributed by atoms with Crippen LogP contribution in [-0.2, 0) is 14.3 Å². The Labute approximate surface area is 154 Å². The Balaban J connectivity index is 1.43. The Kier molecular flexibility index (Phi) is 9.60. The number of rotatable bonds is 10. The van der Waals surface area contributed by atoms with E-state index in [4.69, 9.17) is 9.47 Å². The second kappa shape index (κ2) is 11.7. The lowest BCUT2D eigenvalue weighted by molar-refractivity contribution is -0.137. The first-order chi connectivity index (χ1) is 12.2. The van der Waals surface area contributed by atoms with Crippen molar-refractivity contribution in [2.24, 2.45) is 17.8 Å². The van der Waals surface area contributed by atoms with E-state index in [9.17, 15) is 4.79 Å². The molecule has 0 aliphatic heterocycles. The van der Waals surface area contributed by atoms with Crippen LogP contribution in [0.1, 0.15) is 84.0 Å². The third kappa shape index (κ3) is 7.94. The molecule has 2 saturated carbocycles. The van der Waals surface area contributed by atoms with Crippen LogP contribution in [0.2, 0.25) is 0 Å². The zero-order valence-electron chi connectivity index (χ0n) is 16.2. The van der Waals surface area contributed by atoms with Crippen LogP contribution in [-0.4, -0.2) is 25.3 Å². The van der Waals surface area contributed by atoms with Gasteiger partial charge in [-0.1, -0.05) is 32.8 Å². The van der Waals surface area contributed by atoms with Crippen LogP contribution in [0.25, 0.3) is 0 Å². The van der Waals surface area contributed by atoms with Crippen molar-refractivity contribution < 1.29 is 14.3 Å². The Bertz CT molecular complexity index is 377. The summed E-state index contributed by atoms with van der Waals surface area (Å²) >= 11 is 0. The summed E-state index contributed by atoms with van der Waals surface area (Å²) in [6.45, 7) is 7.20. The van der Waals surface area contributed by atoms with Gasteiger partial charge in [-0.3, -0.25) is 0 Å². The predicted molar refractivity (Wildman–Crippen MR) is 102 cm³/mol. The maximum Gasteiger partial charge on any atom is 0.330 e. The Morgan fingerprint density at radius 1 is 0.880 bits per heavy atom. The molecule has 2 aliphatic rings. The summed E-state index contributed by atoms with van der Waals surface area (Å²) in [6.07, 6.45) is 17.2. The number of hydrogen-bond donors (Lipinski definition) is 0. The van der Waals surface area contributed by atoms with Gasteiger partial charge in [0.05, 0.1) is 12.7 Å². The van der Waals surface area contributed by atoms with Crippen LogP contribution in [0.3, 0.4) is 0 Å². The summed E-state index contributed by atoms with van der Waals surface area (Å²) in [5.74, 6) is 2.63. The molecule has 0 aromatic carbocycles. The monoisotopic (exact) mass is 350 g/mol. The molecule has 0 N–H and O–H groups in total. The standard InChI is InChI=1S/C22H38O3/c1-3-22(23)25-17-7-5-4-6-16-24-21-14-12-20(13-15-21)19-10-8-18(2)9-11-19/h3,18-21H,1,4-17H2,2H3. The van der Waals surface area contributed by atoms with E-state index in [-0.39, 0.29) is 5.97 Å². The van der Waals surface area contributed by atoms with Gasteiger partial charge < -0.3 is 9.47 Å². The van der Waals surface area contributed by atoms with Gasteiger partial charge in [-0.25, -0.2) is 4.79 Å². The molecule has 0 heterocycles. The van der Waals surface area contributed by atoms with Crippen molar-refractivity contribution >= 4 is 5.97 Å². The van der Waals surface area contributed by atoms with Gasteiger partial charge in [0.15, 0.2) is 0 Å². The minimum Gasteiger partial charge on any atom is -0.463 e. The maximum atomic E-state index is 10.9. The predicted octanol–water partition coefficient (Wildman–Crippen LogP) is 5.68. The van der Waals surface area contributed by atoms with Gasteiger partial charge in [-0.2, -0.15) is 0 Å². The second-order valence-electron chi connectivity index (χ2n) is 8.21. The first-order valence-corrected chi connectivity index (χ1v) is 10.6. The van der Waals surface area contributed by atoms with Crippen molar-refractivity contribution in [1.29, 1.82) is 0 Å². The molecule has 0 radical (unpaired) electrons. The maximum absolute atomic E-state index is 10.9. The third-order valence-corrected chi connectivity index (χ3v) is 6.25. The van der Waals surface area contributed by atoms with E-state index in [0.29, 0.717) is 12.7 Å². The quantitative estimate of drug-likeness (QED) is 0.289. The molecule has 0 spiro atoms. The highest BCUT2D eigenvalue weighted by molar-refractivity contribution is 5.81. The minimum absolute atomic E-state index is 0.318. The fraction of sp³-hybridized carbons (Fsp3) is 0.864.